The minimum Gasteiger partial charge on any atom is -0.399 e. The molecular formula is C18H16N4O. The van der Waals surface area contributed by atoms with Gasteiger partial charge in [-0.25, -0.2) is 4.98 Å². The Morgan fingerprint density at radius 3 is 2.74 bits per heavy atom. The van der Waals surface area contributed by atoms with E-state index in [1.54, 1.807) is 16.7 Å². The van der Waals surface area contributed by atoms with Crippen molar-refractivity contribution in [2.45, 2.75) is 6.92 Å². The first kappa shape index (κ1) is 13.6. The lowest BCUT2D eigenvalue weighted by atomic mass is 10.1. The number of hydrogen-bond acceptors (Lipinski definition) is 3. The summed E-state index contributed by atoms with van der Waals surface area (Å²) in [6.45, 7) is 1.83. The average molecular weight is 304 g/mol. The fourth-order valence-corrected chi connectivity index (χ4v) is 3.01. The molecule has 5 nitrogen and oxygen atoms in total. The Morgan fingerprint density at radius 1 is 1.09 bits per heavy atom. The van der Waals surface area contributed by atoms with Crippen LogP contribution in [-0.4, -0.2) is 20.0 Å². The van der Waals surface area contributed by atoms with Crippen molar-refractivity contribution in [1.82, 2.24) is 14.1 Å². The highest BCUT2D eigenvalue weighted by molar-refractivity contribution is 6.04. The molecule has 23 heavy (non-hydrogen) atoms. The lowest BCUT2D eigenvalue weighted by Gasteiger charge is -2.07. The van der Waals surface area contributed by atoms with E-state index in [9.17, 15) is 4.79 Å². The summed E-state index contributed by atoms with van der Waals surface area (Å²) in [5.41, 5.74) is 9.71. The second kappa shape index (κ2) is 4.71. The number of nitrogen functional groups attached to an aromatic ring is 1. The molecule has 0 amide bonds. The van der Waals surface area contributed by atoms with Gasteiger partial charge in [0, 0.05) is 35.4 Å². The zero-order chi connectivity index (χ0) is 16.1. The fraction of sp³-hybridized carbons (Fsp3) is 0.111. The normalized spacial score (nSPS) is 11.4. The Kier molecular flexibility index (Phi) is 2.78. The van der Waals surface area contributed by atoms with Crippen molar-refractivity contribution in [1.29, 1.82) is 0 Å². The molecule has 5 heteroatoms. The topological polar surface area (TPSA) is 65.8 Å². The second-order valence-corrected chi connectivity index (χ2v) is 5.75. The van der Waals surface area contributed by atoms with Gasteiger partial charge in [-0.15, -0.1) is 0 Å². The molecule has 0 aliphatic heterocycles. The highest BCUT2D eigenvalue weighted by Gasteiger charge is 2.16. The summed E-state index contributed by atoms with van der Waals surface area (Å²) < 4.78 is 3.65. The van der Waals surface area contributed by atoms with E-state index in [2.05, 4.69) is 4.98 Å². The number of carbonyl (C=O) groups excluding carboxylic acids is 1. The first-order valence-electron chi connectivity index (χ1n) is 7.39. The van der Waals surface area contributed by atoms with Crippen LogP contribution in [0.4, 0.5) is 5.69 Å². The molecular weight excluding hydrogens is 288 g/mol. The molecule has 2 heterocycles. The third-order valence-electron chi connectivity index (χ3n) is 4.18. The highest BCUT2D eigenvalue weighted by atomic mass is 16.2. The van der Waals surface area contributed by atoms with Gasteiger partial charge in [0.2, 0.25) is 0 Å². The van der Waals surface area contributed by atoms with E-state index in [0.29, 0.717) is 17.1 Å². The quantitative estimate of drug-likeness (QED) is 0.549. The molecule has 0 aliphatic rings. The van der Waals surface area contributed by atoms with Crippen LogP contribution < -0.4 is 5.73 Å². The summed E-state index contributed by atoms with van der Waals surface area (Å²) >= 11 is 0. The molecule has 0 radical (unpaired) electrons. The molecule has 0 saturated carbocycles. The molecule has 0 atom stereocenters. The van der Waals surface area contributed by atoms with Gasteiger partial charge in [0.15, 0.2) is 0 Å². The van der Waals surface area contributed by atoms with E-state index in [0.717, 1.165) is 21.9 Å². The van der Waals surface area contributed by atoms with Crippen molar-refractivity contribution in [3.63, 3.8) is 0 Å². The first-order valence-corrected chi connectivity index (χ1v) is 7.39. The lowest BCUT2D eigenvalue weighted by molar-refractivity contribution is 0.0962. The van der Waals surface area contributed by atoms with E-state index >= 15 is 0 Å². The number of imidazole rings is 1. The zero-order valence-corrected chi connectivity index (χ0v) is 12.9. The van der Waals surface area contributed by atoms with Gasteiger partial charge in [0.25, 0.3) is 5.91 Å². The number of fused-ring (bicyclic) bond motifs is 2. The number of benzene rings is 2. The maximum atomic E-state index is 13.0. The molecule has 0 bridgehead atoms. The molecule has 4 aromatic rings. The third kappa shape index (κ3) is 2.01. The number of aryl methyl sites for hydroxylation is 2. The fourth-order valence-electron chi connectivity index (χ4n) is 3.01. The van der Waals surface area contributed by atoms with Gasteiger partial charge in [-0.05, 0) is 49.4 Å². The molecule has 0 unspecified atom stereocenters. The van der Waals surface area contributed by atoms with Crippen LogP contribution >= 0.6 is 0 Å². The van der Waals surface area contributed by atoms with Crippen molar-refractivity contribution < 1.29 is 4.79 Å². The molecule has 0 saturated heterocycles. The summed E-state index contributed by atoms with van der Waals surface area (Å²) in [5.74, 6) is 0.560. The van der Waals surface area contributed by atoms with Crippen LogP contribution in [-0.2, 0) is 7.05 Å². The second-order valence-electron chi connectivity index (χ2n) is 5.75. The van der Waals surface area contributed by atoms with Crippen LogP contribution in [0.25, 0.3) is 21.9 Å². The van der Waals surface area contributed by atoms with E-state index in [1.807, 2.05) is 55.1 Å². The Bertz CT molecular complexity index is 1070. The van der Waals surface area contributed by atoms with Crippen molar-refractivity contribution >= 4 is 33.5 Å². The van der Waals surface area contributed by atoms with Crippen LogP contribution in [0.15, 0.2) is 48.7 Å². The van der Waals surface area contributed by atoms with Crippen molar-refractivity contribution in [3.8, 4) is 0 Å². The van der Waals surface area contributed by atoms with Gasteiger partial charge < -0.3 is 10.3 Å². The smallest absolute Gasteiger partial charge is 0.263 e. The first-order chi connectivity index (χ1) is 11.0. The zero-order valence-electron chi connectivity index (χ0n) is 12.9. The minimum absolute atomic E-state index is 0.0960. The summed E-state index contributed by atoms with van der Waals surface area (Å²) in [6.07, 6.45) is 1.98. The highest BCUT2D eigenvalue weighted by Crippen LogP contribution is 2.22. The summed E-state index contributed by atoms with van der Waals surface area (Å²) in [6, 6.07) is 13.1. The predicted molar refractivity (Wildman–Crippen MR) is 91.5 cm³/mol. The summed E-state index contributed by atoms with van der Waals surface area (Å²) in [4.78, 5) is 17.4. The molecule has 4 rings (SSSR count). The van der Waals surface area contributed by atoms with Gasteiger partial charge in [0.05, 0.1) is 11.0 Å². The van der Waals surface area contributed by atoms with Crippen molar-refractivity contribution in [2.24, 2.45) is 7.05 Å². The van der Waals surface area contributed by atoms with Gasteiger partial charge in [-0.1, -0.05) is 0 Å². The molecule has 2 aromatic heterocycles. The van der Waals surface area contributed by atoms with Crippen LogP contribution in [0.2, 0.25) is 0 Å². The number of anilines is 1. The molecule has 0 fully saturated rings. The average Bonchev–Trinajstić information content (AvgIpc) is 3.06. The molecule has 2 aromatic carbocycles. The Labute approximate surface area is 133 Å². The number of hydrogen-bond donors (Lipinski definition) is 1. The Balaban J connectivity index is 1.90. The standard InChI is InChI=1S/C18H16N4O/c1-11-20-15-5-4-14(19)10-17(15)22(11)18(23)13-3-6-16-12(9-13)7-8-21(16)2/h3-10H,19H2,1-2H3. The van der Waals surface area contributed by atoms with E-state index in [1.165, 1.54) is 0 Å². The maximum Gasteiger partial charge on any atom is 0.263 e. The lowest BCUT2D eigenvalue weighted by Crippen LogP contribution is -2.13. The number of aromatic nitrogens is 3. The Morgan fingerprint density at radius 2 is 1.91 bits per heavy atom. The van der Waals surface area contributed by atoms with Crippen LogP contribution in [0, 0.1) is 6.92 Å². The van der Waals surface area contributed by atoms with Gasteiger partial charge in [-0.3, -0.25) is 9.36 Å². The van der Waals surface area contributed by atoms with Crippen molar-refractivity contribution in [2.75, 3.05) is 5.73 Å². The van der Waals surface area contributed by atoms with Gasteiger partial charge >= 0.3 is 0 Å². The molecule has 0 aliphatic carbocycles. The number of rotatable bonds is 1. The van der Waals surface area contributed by atoms with E-state index in [4.69, 9.17) is 5.73 Å². The van der Waals surface area contributed by atoms with Crippen LogP contribution in [0.1, 0.15) is 16.2 Å². The third-order valence-corrected chi connectivity index (χ3v) is 4.18. The van der Waals surface area contributed by atoms with Crippen LogP contribution in [0.3, 0.4) is 0 Å². The maximum absolute atomic E-state index is 13.0. The van der Waals surface area contributed by atoms with Crippen LogP contribution in [0.5, 0.6) is 0 Å². The predicted octanol–water partition coefficient (Wildman–Crippen LogP) is 3.11. The molecule has 114 valence electrons. The van der Waals surface area contributed by atoms with Crippen molar-refractivity contribution in [3.05, 3.63) is 60.0 Å². The number of nitrogens with two attached hydrogens (primary N) is 1. The monoisotopic (exact) mass is 304 g/mol. The van der Waals surface area contributed by atoms with Gasteiger partial charge in [-0.2, -0.15) is 0 Å². The summed E-state index contributed by atoms with van der Waals surface area (Å²) in [7, 11) is 1.99. The van der Waals surface area contributed by atoms with E-state index in [-0.39, 0.29) is 5.91 Å². The SMILES string of the molecule is Cc1nc2ccc(N)cc2n1C(=O)c1ccc2c(ccn2C)c1. The molecule has 2 N–H and O–H groups in total. The van der Waals surface area contributed by atoms with Gasteiger partial charge in [0.1, 0.15) is 5.82 Å². The number of nitrogens with zero attached hydrogens (tertiary/aromatic N) is 3. The molecule has 0 spiro atoms. The van der Waals surface area contributed by atoms with E-state index < -0.39 is 0 Å². The largest absolute Gasteiger partial charge is 0.399 e. The Hall–Kier alpha value is -3.08. The minimum atomic E-state index is -0.0960. The summed E-state index contributed by atoms with van der Waals surface area (Å²) in [5, 5.41) is 1.04. The number of carbonyl (C=O) groups is 1.